The Bertz CT molecular complexity index is 986. The maximum Gasteiger partial charge on any atom is 0.242 e. The van der Waals surface area contributed by atoms with E-state index in [1.54, 1.807) is 4.68 Å². The number of carbonyl (C=O) groups excluding carboxylic acids is 1. The van der Waals surface area contributed by atoms with Crippen molar-refractivity contribution >= 4 is 5.91 Å². The predicted molar refractivity (Wildman–Crippen MR) is 108 cm³/mol. The zero-order valence-electron chi connectivity index (χ0n) is 16.8. The zero-order valence-corrected chi connectivity index (χ0v) is 16.8. The fourth-order valence-electron chi connectivity index (χ4n) is 3.98. The third-order valence-corrected chi connectivity index (χ3v) is 5.81. The van der Waals surface area contributed by atoms with Crippen molar-refractivity contribution in [2.24, 2.45) is 0 Å². The van der Waals surface area contributed by atoms with Crippen LogP contribution in [0.2, 0.25) is 0 Å². The summed E-state index contributed by atoms with van der Waals surface area (Å²) in [5.74, 6) is -0.000686. The Balaban J connectivity index is 1.47. The van der Waals surface area contributed by atoms with E-state index in [1.165, 1.54) is 11.3 Å². The summed E-state index contributed by atoms with van der Waals surface area (Å²) < 4.78 is 3.87. The first kappa shape index (κ1) is 18.5. The standard InChI is InChI=1S/C22H27N5O/c1-15-16(2)25-26(17(15)3)14-22(28)24-20-10-7-11-21-19(20)12-23-27(21)13-18-8-5-4-6-9-18/h4-6,8-9,12,20H,7,10-11,13-14H2,1-3H3,(H,24,28)/t20-/m0/s1. The monoisotopic (exact) mass is 377 g/mol. The van der Waals surface area contributed by atoms with Gasteiger partial charge in [0.15, 0.2) is 0 Å². The summed E-state index contributed by atoms with van der Waals surface area (Å²) in [6, 6.07) is 10.4. The largest absolute Gasteiger partial charge is 0.348 e. The lowest BCUT2D eigenvalue weighted by Gasteiger charge is -2.24. The molecule has 0 saturated heterocycles. The Hall–Kier alpha value is -2.89. The number of hydrogen-bond donors (Lipinski definition) is 1. The van der Waals surface area contributed by atoms with E-state index < -0.39 is 0 Å². The first-order chi connectivity index (χ1) is 13.5. The summed E-state index contributed by atoms with van der Waals surface area (Å²) in [6.07, 6.45) is 4.93. The molecule has 4 rings (SSSR count). The molecule has 2 aromatic heterocycles. The van der Waals surface area contributed by atoms with Gasteiger partial charge >= 0.3 is 0 Å². The van der Waals surface area contributed by atoms with E-state index in [9.17, 15) is 4.79 Å². The maximum absolute atomic E-state index is 12.7. The molecule has 0 aliphatic heterocycles. The van der Waals surface area contributed by atoms with Gasteiger partial charge in [0.05, 0.1) is 24.5 Å². The van der Waals surface area contributed by atoms with E-state index in [0.29, 0.717) is 0 Å². The Morgan fingerprint density at radius 3 is 2.68 bits per heavy atom. The molecule has 0 radical (unpaired) electrons. The highest BCUT2D eigenvalue weighted by molar-refractivity contribution is 5.76. The molecule has 0 saturated carbocycles. The van der Waals surface area contributed by atoms with Crippen LogP contribution in [-0.2, 0) is 24.3 Å². The second-order valence-corrected chi connectivity index (χ2v) is 7.66. The van der Waals surface area contributed by atoms with Gasteiger partial charge in [0, 0.05) is 17.0 Å². The minimum Gasteiger partial charge on any atom is -0.348 e. The summed E-state index contributed by atoms with van der Waals surface area (Å²) in [6.45, 7) is 7.05. The van der Waals surface area contributed by atoms with Crippen molar-refractivity contribution < 1.29 is 4.79 Å². The van der Waals surface area contributed by atoms with Gasteiger partial charge < -0.3 is 5.32 Å². The number of aryl methyl sites for hydroxylation is 1. The molecule has 6 heteroatoms. The number of benzene rings is 1. The third kappa shape index (κ3) is 3.59. The molecule has 0 unspecified atom stereocenters. The van der Waals surface area contributed by atoms with Crippen LogP contribution in [0.15, 0.2) is 36.5 Å². The van der Waals surface area contributed by atoms with E-state index in [0.717, 1.165) is 48.3 Å². The quantitative estimate of drug-likeness (QED) is 0.742. The average molecular weight is 377 g/mol. The van der Waals surface area contributed by atoms with Crippen LogP contribution < -0.4 is 5.32 Å². The molecular weight excluding hydrogens is 350 g/mol. The van der Waals surface area contributed by atoms with E-state index in [-0.39, 0.29) is 18.5 Å². The SMILES string of the molecule is Cc1nn(CC(=O)N[C@H]2CCCc3c2cnn3Cc2ccccc2)c(C)c1C. The first-order valence-electron chi connectivity index (χ1n) is 9.91. The van der Waals surface area contributed by atoms with Gasteiger partial charge in [-0.15, -0.1) is 0 Å². The number of nitrogens with zero attached hydrogens (tertiary/aromatic N) is 4. The Kier molecular flexibility index (Phi) is 5.03. The van der Waals surface area contributed by atoms with Gasteiger partial charge in [0.1, 0.15) is 6.54 Å². The molecular formula is C22H27N5O. The van der Waals surface area contributed by atoms with Crippen molar-refractivity contribution in [3.8, 4) is 0 Å². The van der Waals surface area contributed by atoms with Crippen LogP contribution in [0.25, 0.3) is 0 Å². The summed E-state index contributed by atoms with van der Waals surface area (Å²) >= 11 is 0. The number of aromatic nitrogens is 4. The number of amides is 1. The van der Waals surface area contributed by atoms with Crippen molar-refractivity contribution in [3.05, 3.63) is 70.3 Å². The fraction of sp³-hybridized carbons (Fsp3) is 0.409. The van der Waals surface area contributed by atoms with Gasteiger partial charge in [-0.1, -0.05) is 30.3 Å². The van der Waals surface area contributed by atoms with Gasteiger partial charge in [-0.25, -0.2) is 0 Å². The molecule has 0 fully saturated rings. The molecule has 0 spiro atoms. The van der Waals surface area contributed by atoms with Crippen molar-refractivity contribution in [1.82, 2.24) is 24.9 Å². The van der Waals surface area contributed by atoms with Crippen molar-refractivity contribution in [3.63, 3.8) is 0 Å². The molecule has 28 heavy (non-hydrogen) atoms. The number of carbonyl (C=O) groups is 1. The second kappa shape index (κ2) is 7.62. The van der Waals surface area contributed by atoms with Crippen LogP contribution in [0, 0.1) is 20.8 Å². The van der Waals surface area contributed by atoms with Crippen LogP contribution in [0.1, 0.15) is 52.7 Å². The van der Waals surface area contributed by atoms with Crippen LogP contribution in [0.5, 0.6) is 0 Å². The minimum atomic E-state index is -0.000686. The number of rotatable bonds is 5. The summed E-state index contributed by atoms with van der Waals surface area (Å²) in [5.41, 5.74) is 6.80. The Morgan fingerprint density at radius 1 is 1.18 bits per heavy atom. The molecule has 6 nitrogen and oxygen atoms in total. The van der Waals surface area contributed by atoms with Crippen LogP contribution >= 0.6 is 0 Å². The van der Waals surface area contributed by atoms with Crippen molar-refractivity contribution in [1.29, 1.82) is 0 Å². The van der Waals surface area contributed by atoms with Gasteiger partial charge in [-0.05, 0) is 51.2 Å². The predicted octanol–water partition coefficient (Wildman–Crippen LogP) is 3.25. The molecule has 1 atom stereocenters. The second-order valence-electron chi connectivity index (χ2n) is 7.66. The van der Waals surface area contributed by atoms with Crippen molar-refractivity contribution in [2.45, 2.75) is 59.2 Å². The lowest BCUT2D eigenvalue weighted by molar-refractivity contribution is -0.122. The average Bonchev–Trinajstić information content (AvgIpc) is 3.20. The van der Waals surface area contributed by atoms with Gasteiger partial charge in [-0.3, -0.25) is 14.2 Å². The van der Waals surface area contributed by atoms with Crippen molar-refractivity contribution in [2.75, 3.05) is 0 Å². The van der Waals surface area contributed by atoms with E-state index >= 15 is 0 Å². The normalized spacial score (nSPS) is 16.0. The Labute approximate surface area is 165 Å². The number of nitrogens with one attached hydrogen (secondary N) is 1. The maximum atomic E-state index is 12.7. The van der Waals surface area contributed by atoms with Gasteiger partial charge in [0.25, 0.3) is 0 Å². The molecule has 1 amide bonds. The highest BCUT2D eigenvalue weighted by Crippen LogP contribution is 2.30. The van der Waals surface area contributed by atoms with Crippen LogP contribution in [0.4, 0.5) is 0 Å². The molecule has 0 bridgehead atoms. The lowest BCUT2D eigenvalue weighted by atomic mass is 9.93. The molecule has 3 aromatic rings. The smallest absolute Gasteiger partial charge is 0.242 e. The fourth-order valence-corrected chi connectivity index (χ4v) is 3.98. The Morgan fingerprint density at radius 2 is 1.96 bits per heavy atom. The minimum absolute atomic E-state index is 0.000686. The topological polar surface area (TPSA) is 64.7 Å². The van der Waals surface area contributed by atoms with E-state index in [2.05, 4.69) is 44.5 Å². The molecule has 2 heterocycles. The third-order valence-electron chi connectivity index (χ3n) is 5.81. The lowest BCUT2D eigenvalue weighted by Crippen LogP contribution is -2.34. The first-order valence-corrected chi connectivity index (χ1v) is 9.91. The number of fused-ring (bicyclic) bond motifs is 1. The zero-order chi connectivity index (χ0) is 19.7. The van der Waals surface area contributed by atoms with Gasteiger partial charge in [-0.2, -0.15) is 10.2 Å². The summed E-state index contributed by atoms with van der Waals surface area (Å²) in [4.78, 5) is 12.7. The van der Waals surface area contributed by atoms with Gasteiger partial charge in [0.2, 0.25) is 5.91 Å². The van der Waals surface area contributed by atoms with E-state index in [4.69, 9.17) is 0 Å². The number of hydrogen-bond acceptors (Lipinski definition) is 3. The summed E-state index contributed by atoms with van der Waals surface area (Å²) in [7, 11) is 0. The van der Waals surface area contributed by atoms with Crippen LogP contribution in [0.3, 0.4) is 0 Å². The molecule has 1 aliphatic rings. The molecule has 1 aliphatic carbocycles. The highest BCUT2D eigenvalue weighted by atomic mass is 16.2. The van der Waals surface area contributed by atoms with Crippen LogP contribution in [-0.4, -0.2) is 25.5 Å². The molecule has 1 aromatic carbocycles. The molecule has 146 valence electrons. The molecule has 1 N–H and O–H groups in total. The summed E-state index contributed by atoms with van der Waals surface area (Å²) in [5, 5.41) is 12.3. The van der Waals surface area contributed by atoms with E-state index in [1.807, 2.05) is 33.0 Å². The highest BCUT2D eigenvalue weighted by Gasteiger charge is 2.26.